The summed E-state index contributed by atoms with van der Waals surface area (Å²) in [5, 5.41) is 23.8. The number of aliphatic hydroxyl groups excluding tert-OH is 1. The van der Waals surface area contributed by atoms with E-state index in [1.54, 1.807) is 12.1 Å². The molecule has 2 N–H and O–H groups in total. The van der Waals surface area contributed by atoms with Gasteiger partial charge in [-0.15, -0.1) is 0 Å². The molecule has 0 heterocycles. The van der Waals surface area contributed by atoms with E-state index in [9.17, 15) is 10.1 Å². The molecule has 1 atom stereocenters. The largest absolute Gasteiger partial charge is 0.396 e. The lowest BCUT2D eigenvalue weighted by molar-refractivity contribution is -0.385. The summed E-state index contributed by atoms with van der Waals surface area (Å²) in [4.78, 5) is 10.7. The molecule has 0 spiro atoms. The average molecular weight is 306 g/mol. The molecule has 1 aliphatic carbocycles. The van der Waals surface area contributed by atoms with Gasteiger partial charge in [-0.05, 0) is 51.4 Å². The Morgan fingerprint density at radius 1 is 1.32 bits per heavy atom. The molecule has 0 amide bonds. The minimum atomic E-state index is -0.302. The van der Waals surface area contributed by atoms with E-state index in [2.05, 4.69) is 12.2 Å². The molecule has 1 unspecified atom stereocenters. The van der Waals surface area contributed by atoms with E-state index < -0.39 is 0 Å². The topological polar surface area (TPSA) is 75.4 Å². The van der Waals surface area contributed by atoms with E-state index in [1.165, 1.54) is 0 Å². The third-order valence-corrected chi connectivity index (χ3v) is 4.66. The molecule has 5 nitrogen and oxygen atoms in total. The number of para-hydroxylation sites is 1. The fraction of sp³-hybridized carbons (Fsp3) is 0.647. The Morgan fingerprint density at radius 2 is 2.00 bits per heavy atom. The number of rotatable bonds is 7. The molecule has 1 aromatic rings. The van der Waals surface area contributed by atoms with Gasteiger partial charge in [0.2, 0.25) is 0 Å². The summed E-state index contributed by atoms with van der Waals surface area (Å²) < 4.78 is 0. The molecule has 0 aliphatic heterocycles. The van der Waals surface area contributed by atoms with E-state index in [0.717, 1.165) is 44.1 Å². The van der Waals surface area contributed by atoms with Crippen LogP contribution < -0.4 is 5.32 Å². The lowest BCUT2D eigenvalue weighted by Crippen LogP contribution is -2.39. The maximum absolute atomic E-state index is 11.0. The molecule has 1 aromatic carbocycles. The summed E-state index contributed by atoms with van der Waals surface area (Å²) in [6, 6.07) is 7.85. The highest BCUT2D eigenvalue weighted by atomic mass is 16.6. The van der Waals surface area contributed by atoms with Crippen molar-refractivity contribution in [2.45, 2.75) is 57.5 Å². The molecule has 1 aliphatic rings. The predicted molar refractivity (Wildman–Crippen MR) is 86.8 cm³/mol. The van der Waals surface area contributed by atoms with Gasteiger partial charge in [0.05, 0.1) is 4.92 Å². The first-order valence-corrected chi connectivity index (χ1v) is 8.19. The number of nitrogens with zero attached hydrogens (tertiary/aromatic N) is 1. The first kappa shape index (κ1) is 16.9. The van der Waals surface area contributed by atoms with Crippen LogP contribution in [-0.2, 0) is 6.42 Å². The van der Waals surface area contributed by atoms with Crippen molar-refractivity contribution in [3.05, 3.63) is 39.9 Å². The summed E-state index contributed by atoms with van der Waals surface area (Å²) in [7, 11) is 0. The minimum absolute atomic E-state index is 0.221. The predicted octanol–water partition coefficient (Wildman–Crippen LogP) is 3.06. The highest BCUT2D eigenvalue weighted by Gasteiger charge is 2.21. The van der Waals surface area contributed by atoms with Gasteiger partial charge in [-0.2, -0.15) is 0 Å². The molecule has 0 bridgehead atoms. The van der Waals surface area contributed by atoms with Crippen LogP contribution in [0.15, 0.2) is 24.3 Å². The van der Waals surface area contributed by atoms with Gasteiger partial charge in [0.1, 0.15) is 0 Å². The van der Waals surface area contributed by atoms with Crippen LogP contribution in [0.4, 0.5) is 5.69 Å². The van der Waals surface area contributed by atoms with Gasteiger partial charge >= 0.3 is 0 Å². The Kier molecular flexibility index (Phi) is 6.34. The van der Waals surface area contributed by atoms with Gasteiger partial charge in [-0.3, -0.25) is 10.1 Å². The monoisotopic (exact) mass is 306 g/mol. The van der Waals surface area contributed by atoms with Crippen molar-refractivity contribution in [3.8, 4) is 0 Å². The molecule has 1 fully saturated rings. The number of nitrogens with one attached hydrogen (secondary N) is 1. The van der Waals surface area contributed by atoms with E-state index in [-0.39, 0.29) is 10.6 Å². The van der Waals surface area contributed by atoms with Crippen molar-refractivity contribution in [1.82, 2.24) is 5.32 Å². The van der Waals surface area contributed by atoms with Crippen molar-refractivity contribution >= 4 is 5.69 Å². The van der Waals surface area contributed by atoms with Crippen LogP contribution in [0.25, 0.3) is 0 Å². The Hall–Kier alpha value is -1.46. The Bertz CT molecular complexity index is 485. The number of benzene rings is 1. The molecule has 5 heteroatoms. The minimum Gasteiger partial charge on any atom is -0.396 e. The van der Waals surface area contributed by atoms with Crippen LogP contribution in [0.1, 0.15) is 44.6 Å². The molecule has 122 valence electrons. The van der Waals surface area contributed by atoms with Gasteiger partial charge in [-0.1, -0.05) is 18.2 Å². The number of nitro groups is 1. The zero-order valence-electron chi connectivity index (χ0n) is 13.2. The second kappa shape index (κ2) is 8.25. The quantitative estimate of drug-likeness (QED) is 0.599. The fourth-order valence-corrected chi connectivity index (χ4v) is 3.27. The molecule has 0 radical (unpaired) electrons. The molecule has 2 rings (SSSR count). The highest BCUT2D eigenvalue weighted by Crippen LogP contribution is 2.25. The zero-order chi connectivity index (χ0) is 15.9. The average Bonchev–Trinajstić information content (AvgIpc) is 2.54. The number of hydrogen-bond donors (Lipinski definition) is 2. The normalized spacial score (nSPS) is 23.2. The molecule has 22 heavy (non-hydrogen) atoms. The molecule has 1 saturated carbocycles. The summed E-state index contributed by atoms with van der Waals surface area (Å²) in [6.45, 7) is 2.45. The van der Waals surface area contributed by atoms with E-state index in [0.29, 0.717) is 24.6 Å². The van der Waals surface area contributed by atoms with E-state index in [4.69, 9.17) is 5.11 Å². The second-order valence-electron chi connectivity index (χ2n) is 6.39. The molecule has 0 saturated heterocycles. The summed E-state index contributed by atoms with van der Waals surface area (Å²) >= 11 is 0. The third-order valence-electron chi connectivity index (χ3n) is 4.66. The first-order valence-electron chi connectivity index (χ1n) is 8.19. The SMILES string of the molecule is CC(CCc1ccccc1[N+](=O)[O-])NC1CCC(CO)CC1. The van der Waals surface area contributed by atoms with Gasteiger partial charge in [-0.25, -0.2) is 0 Å². The third kappa shape index (κ3) is 4.78. The molecular weight excluding hydrogens is 280 g/mol. The second-order valence-corrected chi connectivity index (χ2v) is 6.39. The standard InChI is InChI=1S/C17H26N2O3/c1-13(18-16-10-7-14(12-20)8-11-16)6-9-15-4-2-3-5-17(15)19(21)22/h2-5,13-14,16,18,20H,6-12H2,1H3. The number of hydrogen-bond acceptors (Lipinski definition) is 4. The van der Waals surface area contributed by atoms with Crippen LogP contribution in [0.5, 0.6) is 0 Å². The van der Waals surface area contributed by atoms with Crippen molar-refractivity contribution in [2.24, 2.45) is 5.92 Å². The van der Waals surface area contributed by atoms with E-state index >= 15 is 0 Å². The maximum atomic E-state index is 11.0. The Balaban J connectivity index is 1.79. The summed E-state index contributed by atoms with van der Waals surface area (Å²) in [5.74, 6) is 0.473. The van der Waals surface area contributed by atoms with Gasteiger partial charge < -0.3 is 10.4 Å². The molecule has 0 aromatic heterocycles. The van der Waals surface area contributed by atoms with Crippen LogP contribution in [0, 0.1) is 16.0 Å². The van der Waals surface area contributed by atoms with Crippen LogP contribution >= 0.6 is 0 Å². The number of aliphatic hydroxyl groups is 1. The van der Waals surface area contributed by atoms with Crippen molar-refractivity contribution in [2.75, 3.05) is 6.61 Å². The van der Waals surface area contributed by atoms with E-state index in [1.807, 2.05) is 12.1 Å². The maximum Gasteiger partial charge on any atom is 0.272 e. The van der Waals surface area contributed by atoms with Crippen LogP contribution in [-0.4, -0.2) is 28.7 Å². The van der Waals surface area contributed by atoms with Gasteiger partial charge in [0.25, 0.3) is 5.69 Å². The van der Waals surface area contributed by atoms with Crippen LogP contribution in [0.2, 0.25) is 0 Å². The van der Waals surface area contributed by atoms with Crippen molar-refractivity contribution in [3.63, 3.8) is 0 Å². The lowest BCUT2D eigenvalue weighted by Gasteiger charge is -2.30. The highest BCUT2D eigenvalue weighted by molar-refractivity contribution is 5.39. The number of nitro benzene ring substituents is 1. The summed E-state index contributed by atoms with van der Waals surface area (Å²) in [5.41, 5.74) is 1.03. The van der Waals surface area contributed by atoms with Gasteiger partial charge in [0.15, 0.2) is 0 Å². The van der Waals surface area contributed by atoms with Gasteiger partial charge in [0, 0.05) is 30.3 Å². The Morgan fingerprint density at radius 3 is 2.64 bits per heavy atom. The molecular formula is C17H26N2O3. The Labute approximate surface area is 131 Å². The smallest absolute Gasteiger partial charge is 0.272 e. The van der Waals surface area contributed by atoms with Crippen molar-refractivity contribution in [1.29, 1.82) is 0 Å². The number of aryl methyl sites for hydroxylation is 1. The first-order chi connectivity index (χ1) is 10.6. The summed E-state index contributed by atoms with van der Waals surface area (Å²) in [6.07, 6.45) is 6.01. The van der Waals surface area contributed by atoms with Crippen LogP contribution in [0.3, 0.4) is 0 Å². The zero-order valence-corrected chi connectivity index (χ0v) is 13.2. The lowest BCUT2D eigenvalue weighted by atomic mass is 9.86. The fourth-order valence-electron chi connectivity index (χ4n) is 3.27. The van der Waals surface area contributed by atoms with Crippen molar-refractivity contribution < 1.29 is 10.0 Å².